The Bertz CT molecular complexity index is 613. The van der Waals surface area contributed by atoms with Gasteiger partial charge in [-0.05, 0) is 57.4 Å². The van der Waals surface area contributed by atoms with Gasteiger partial charge < -0.3 is 10.6 Å². The molecule has 0 aromatic heterocycles. The van der Waals surface area contributed by atoms with Crippen LogP contribution in [0.15, 0.2) is 40.9 Å². The van der Waals surface area contributed by atoms with Gasteiger partial charge in [-0.3, -0.25) is 0 Å². The van der Waals surface area contributed by atoms with Gasteiger partial charge in [0.15, 0.2) is 0 Å². The molecule has 2 N–H and O–H groups in total. The van der Waals surface area contributed by atoms with Gasteiger partial charge in [0.1, 0.15) is 0 Å². The van der Waals surface area contributed by atoms with Crippen LogP contribution >= 0.6 is 27.5 Å². The average Bonchev–Trinajstić information content (AvgIpc) is 2.75. The molecule has 0 atom stereocenters. The molecule has 0 saturated carbocycles. The van der Waals surface area contributed by atoms with Crippen molar-refractivity contribution >= 4 is 38.9 Å². The quantitative estimate of drug-likeness (QED) is 0.797. The Balaban J connectivity index is 1.91. The second kappa shape index (κ2) is 4.48. The highest BCUT2D eigenvalue weighted by Gasteiger charge is 2.19. The number of rotatable bonds is 1. The maximum Gasteiger partial charge on any atom is 0.0549 e. The highest BCUT2D eigenvalue weighted by atomic mass is 79.9. The summed E-state index contributed by atoms with van der Waals surface area (Å²) < 4.78 is 0.928. The molecule has 1 heterocycles. The van der Waals surface area contributed by atoms with E-state index in [-0.39, 0.29) is 0 Å². The Hall–Kier alpha value is -1.19. The van der Waals surface area contributed by atoms with E-state index in [1.807, 2.05) is 18.2 Å². The lowest BCUT2D eigenvalue weighted by atomic mass is 10.1. The Morgan fingerprint density at radius 2 is 1.83 bits per heavy atom. The summed E-state index contributed by atoms with van der Waals surface area (Å²) in [4.78, 5) is 2.31. The summed E-state index contributed by atoms with van der Waals surface area (Å²) in [5.41, 5.74) is 10.5. The molecule has 3 rings (SSSR count). The summed E-state index contributed by atoms with van der Waals surface area (Å²) in [7, 11) is 0. The number of nitrogens with zero attached hydrogens (tertiary/aromatic N) is 1. The fourth-order valence-corrected chi connectivity index (χ4v) is 2.76. The predicted molar refractivity (Wildman–Crippen MR) is 79.9 cm³/mol. The minimum atomic E-state index is 0.736. The van der Waals surface area contributed by atoms with E-state index in [1.54, 1.807) is 0 Å². The number of nitrogen functional groups attached to an aromatic ring is 1. The minimum absolute atomic E-state index is 0.736. The van der Waals surface area contributed by atoms with E-state index in [9.17, 15) is 0 Å². The molecule has 2 aromatic carbocycles. The molecule has 4 heteroatoms. The van der Waals surface area contributed by atoms with Crippen molar-refractivity contribution in [2.24, 2.45) is 0 Å². The van der Waals surface area contributed by atoms with Gasteiger partial charge in [0, 0.05) is 28.9 Å². The van der Waals surface area contributed by atoms with Crippen molar-refractivity contribution in [2.45, 2.75) is 13.1 Å². The second-order valence-corrected chi connectivity index (χ2v) is 5.74. The molecular weight excluding hydrogens is 312 g/mol. The van der Waals surface area contributed by atoms with E-state index in [1.165, 1.54) is 16.8 Å². The molecule has 0 amide bonds. The number of hydrogen-bond donors (Lipinski definition) is 1. The van der Waals surface area contributed by atoms with Gasteiger partial charge >= 0.3 is 0 Å². The van der Waals surface area contributed by atoms with Gasteiger partial charge in [-0.1, -0.05) is 17.7 Å². The zero-order valence-electron chi connectivity index (χ0n) is 9.66. The fraction of sp³-hybridized carbons (Fsp3) is 0.143. The summed E-state index contributed by atoms with van der Waals surface area (Å²) in [5.74, 6) is 0. The van der Waals surface area contributed by atoms with Gasteiger partial charge in [-0.25, -0.2) is 0 Å². The molecule has 1 aliphatic rings. The molecule has 0 bridgehead atoms. The number of hydrogen-bond acceptors (Lipinski definition) is 2. The van der Waals surface area contributed by atoms with Gasteiger partial charge in [0.25, 0.3) is 0 Å². The van der Waals surface area contributed by atoms with Crippen molar-refractivity contribution in [1.29, 1.82) is 0 Å². The summed E-state index contributed by atoms with van der Waals surface area (Å²) in [6.07, 6.45) is 0. The number of fused-ring (bicyclic) bond motifs is 1. The standard InChI is InChI=1S/C14H12BrClN2/c15-13-6-12(3-4-14(13)16)18-7-9-1-2-11(17)5-10(9)8-18/h1-6H,7-8,17H2. The third kappa shape index (κ3) is 2.08. The highest BCUT2D eigenvalue weighted by Crippen LogP contribution is 2.33. The van der Waals surface area contributed by atoms with Crippen molar-refractivity contribution in [2.75, 3.05) is 10.6 Å². The van der Waals surface area contributed by atoms with Crippen LogP contribution in [-0.4, -0.2) is 0 Å². The SMILES string of the molecule is Nc1ccc2c(c1)CN(c1ccc(Cl)c(Br)c1)C2. The van der Waals surface area contributed by atoms with Crippen LogP contribution in [0.4, 0.5) is 11.4 Å². The Morgan fingerprint density at radius 1 is 1.06 bits per heavy atom. The molecule has 0 saturated heterocycles. The van der Waals surface area contributed by atoms with E-state index in [0.717, 1.165) is 28.3 Å². The van der Waals surface area contributed by atoms with E-state index in [2.05, 4.69) is 39.0 Å². The van der Waals surface area contributed by atoms with Crippen molar-refractivity contribution < 1.29 is 0 Å². The van der Waals surface area contributed by atoms with Crippen molar-refractivity contribution in [3.05, 3.63) is 57.0 Å². The second-order valence-electron chi connectivity index (χ2n) is 4.48. The summed E-state index contributed by atoms with van der Waals surface area (Å²) in [6.45, 7) is 1.82. The van der Waals surface area contributed by atoms with Crippen molar-refractivity contribution in [3.8, 4) is 0 Å². The number of nitrogens with two attached hydrogens (primary N) is 1. The van der Waals surface area contributed by atoms with E-state index >= 15 is 0 Å². The van der Waals surface area contributed by atoms with Crippen LogP contribution in [-0.2, 0) is 13.1 Å². The first-order chi connectivity index (χ1) is 8.63. The smallest absolute Gasteiger partial charge is 0.0549 e. The maximum absolute atomic E-state index is 6.02. The highest BCUT2D eigenvalue weighted by molar-refractivity contribution is 9.10. The molecule has 1 aliphatic heterocycles. The lowest BCUT2D eigenvalue weighted by Gasteiger charge is -2.18. The molecule has 0 fully saturated rings. The molecule has 0 aliphatic carbocycles. The Labute approximate surface area is 119 Å². The molecule has 0 unspecified atom stereocenters. The fourth-order valence-electron chi connectivity index (χ4n) is 2.28. The number of benzene rings is 2. The molecule has 92 valence electrons. The molecule has 18 heavy (non-hydrogen) atoms. The summed E-state index contributed by atoms with van der Waals surface area (Å²) >= 11 is 9.48. The summed E-state index contributed by atoms with van der Waals surface area (Å²) in [6, 6.07) is 12.1. The zero-order valence-corrected chi connectivity index (χ0v) is 12.0. The van der Waals surface area contributed by atoms with E-state index in [4.69, 9.17) is 17.3 Å². The van der Waals surface area contributed by atoms with Crippen LogP contribution in [0, 0.1) is 0 Å². The lowest BCUT2D eigenvalue weighted by Crippen LogP contribution is -2.14. The van der Waals surface area contributed by atoms with Crippen LogP contribution in [0.5, 0.6) is 0 Å². The van der Waals surface area contributed by atoms with Crippen LogP contribution in [0.3, 0.4) is 0 Å². The first-order valence-electron chi connectivity index (χ1n) is 5.71. The van der Waals surface area contributed by atoms with Gasteiger partial charge in [-0.2, -0.15) is 0 Å². The Morgan fingerprint density at radius 3 is 2.61 bits per heavy atom. The third-order valence-corrected chi connectivity index (χ3v) is 4.44. The van der Waals surface area contributed by atoms with Gasteiger partial charge in [0.05, 0.1) is 5.02 Å². The molecular formula is C14H12BrClN2. The molecule has 2 aromatic rings. The van der Waals surface area contributed by atoms with Crippen molar-refractivity contribution in [1.82, 2.24) is 0 Å². The van der Waals surface area contributed by atoms with E-state index in [0.29, 0.717) is 0 Å². The largest absolute Gasteiger partial charge is 0.399 e. The minimum Gasteiger partial charge on any atom is -0.399 e. The first-order valence-corrected chi connectivity index (χ1v) is 6.88. The van der Waals surface area contributed by atoms with Crippen LogP contribution in [0.1, 0.15) is 11.1 Å². The lowest BCUT2D eigenvalue weighted by molar-refractivity contribution is 0.880. The normalized spacial score (nSPS) is 13.8. The van der Waals surface area contributed by atoms with Gasteiger partial charge in [-0.15, -0.1) is 0 Å². The molecule has 0 radical (unpaired) electrons. The monoisotopic (exact) mass is 322 g/mol. The first kappa shape index (κ1) is 11.9. The van der Waals surface area contributed by atoms with Crippen LogP contribution in [0.2, 0.25) is 5.02 Å². The van der Waals surface area contributed by atoms with Gasteiger partial charge in [0.2, 0.25) is 0 Å². The molecule has 0 spiro atoms. The zero-order chi connectivity index (χ0) is 12.7. The summed E-state index contributed by atoms with van der Waals surface area (Å²) in [5, 5.41) is 0.736. The van der Waals surface area contributed by atoms with Crippen molar-refractivity contribution in [3.63, 3.8) is 0 Å². The third-order valence-electron chi connectivity index (χ3n) is 3.22. The Kier molecular flexibility index (Phi) is 2.96. The topological polar surface area (TPSA) is 29.3 Å². The van der Waals surface area contributed by atoms with Crippen LogP contribution in [0.25, 0.3) is 0 Å². The van der Waals surface area contributed by atoms with Crippen LogP contribution < -0.4 is 10.6 Å². The molecule has 2 nitrogen and oxygen atoms in total. The maximum atomic E-state index is 6.02. The number of anilines is 2. The van der Waals surface area contributed by atoms with E-state index < -0.39 is 0 Å². The number of halogens is 2. The average molecular weight is 324 g/mol. The predicted octanol–water partition coefficient (Wildman–Crippen LogP) is 4.20.